The summed E-state index contributed by atoms with van der Waals surface area (Å²) in [5.41, 5.74) is 5.11. The van der Waals surface area contributed by atoms with E-state index in [1.54, 1.807) is 0 Å². The number of nitrogens with one attached hydrogen (secondary N) is 1. The summed E-state index contributed by atoms with van der Waals surface area (Å²) in [5.74, 6) is -0.678. The molecule has 0 heterocycles. The molecule has 10 nitrogen and oxygen atoms in total. The summed E-state index contributed by atoms with van der Waals surface area (Å²) in [4.78, 5) is 50.3. The monoisotopic (exact) mass is 381 g/mol. The number of amides is 1. The molecule has 0 aromatic carbocycles. The summed E-state index contributed by atoms with van der Waals surface area (Å²) in [6.45, 7) is -0.319. The van der Waals surface area contributed by atoms with Gasteiger partial charge in [-0.3, -0.25) is 9.69 Å². The van der Waals surface area contributed by atoms with Gasteiger partial charge in [-0.05, 0) is 0 Å². The first-order valence-corrected chi connectivity index (χ1v) is 8.31. The molecule has 2 unspecified atom stereocenters. The van der Waals surface area contributed by atoms with Gasteiger partial charge in [0, 0.05) is 13.1 Å². The second-order valence-electron chi connectivity index (χ2n) is 3.53. The molecule has 14 heteroatoms. The minimum absolute atomic E-state index is 0. The van der Waals surface area contributed by atoms with Crippen molar-refractivity contribution in [1.82, 2.24) is 10.2 Å². The number of carbonyl (C=O) groups excluding carboxylic acids is 1. The van der Waals surface area contributed by atoms with Crippen LogP contribution in [-0.4, -0.2) is 52.8 Å². The van der Waals surface area contributed by atoms with Crippen molar-refractivity contribution in [3.05, 3.63) is 0 Å². The maximum Gasteiger partial charge on any atom is 1.00 e. The summed E-state index contributed by atoms with van der Waals surface area (Å²) < 4.78 is 21.3. The molecular weight excluding hydrogens is 358 g/mol. The van der Waals surface area contributed by atoms with Crippen molar-refractivity contribution in [2.45, 2.75) is 14.9 Å². The summed E-state index contributed by atoms with van der Waals surface area (Å²) in [7, 11) is -9.58. The van der Waals surface area contributed by atoms with Crippen molar-refractivity contribution in [2.24, 2.45) is 5.73 Å². The second-order valence-corrected chi connectivity index (χ2v) is 6.64. The van der Waals surface area contributed by atoms with Crippen molar-refractivity contribution in [2.75, 3.05) is 32.2 Å². The summed E-state index contributed by atoms with van der Waals surface area (Å²) >= 11 is 0. The largest absolute Gasteiger partial charge is 1.00 e. The standard InChI is InChI=1S/C6H17N3O7P2.2CH4.2Na/c7-1-2-8-6(10)3-9(4-17(11,12)13)5-18(14,15)16;;;;/h1-5,7H2,(H,8,10)(H2,11,12,13)(H2,14,15,16);2*1H4;;/q;;;2*+1/p-2. The number of hydrogen-bond acceptors (Lipinski definition) is 7. The molecule has 0 radical (unpaired) electrons. The molecule has 124 valence electrons. The average molecular weight is 381 g/mol. The molecule has 0 aliphatic heterocycles. The Morgan fingerprint density at radius 2 is 1.45 bits per heavy atom. The summed E-state index contributed by atoms with van der Waals surface area (Å²) in [5, 5.41) is 2.28. The Hall–Kier alpha value is 1.69. The van der Waals surface area contributed by atoms with Crippen molar-refractivity contribution >= 4 is 21.1 Å². The molecule has 0 aromatic rings. The van der Waals surface area contributed by atoms with Gasteiger partial charge in [-0.15, -0.1) is 0 Å². The summed E-state index contributed by atoms with van der Waals surface area (Å²) in [6, 6.07) is 0. The van der Waals surface area contributed by atoms with E-state index in [1.807, 2.05) is 0 Å². The van der Waals surface area contributed by atoms with Crippen LogP contribution in [0.15, 0.2) is 0 Å². The molecular formula is C8H23N3Na2O7P2. The van der Waals surface area contributed by atoms with Crippen LogP contribution in [-0.2, 0) is 13.9 Å². The van der Waals surface area contributed by atoms with Gasteiger partial charge < -0.3 is 39.8 Å². The molecule has 2 atom stereocenters. The molecule has 0 saturated carbocycles. The van der Waals surface area contributed by atoms with Crippen molar-refractivity contribution in [1.29, 1.82) is 0 Å². The van der Waals surface area contributed by atoms with Crippen molar-refractivity contribution in [3.63, 3.8) is 0 Å². The van der Waals surface area contributed by atoms with Gasteiger partial charge in [-0.25, -0.2) is 0 Å². The van der Waals surface area contributed by atoms with Crippen LogP contribution in [0.5, 0.6) is 0 Å². The van der Waals surface area contributed by atoms with Gasteiger partial charge in [-0.2, -0.15) is 0 Å². The van der Waals surface area contributed by atoms with Crippen LogP contribution in [0.2, 0.25) is 0 Å². The van der Waals surface area contributed by atoms with Gasteiger partial charge in [0.2, 0.25) is 5.91 Å². The molecule has 0 rings (SSSR count). The van der Waals surface area contributed by atoms with E-state index < -0.39 is 40.2 Å². The number of carbonyl (C=O) groups is 1. The fourth-order valence-corrected chi connectivity index (χ4v) is 2.69. The zero-order chi connectivity index (χ0) is 14.4. The van der Waals surface area contributed by atoms with Gasteiger partial charge >= 0.3 is 59.1 Å². The Kier molecular flexibility index (Phi) is 25.7. The van der Waals surface area contributed by atoms with E-state index in [0.29, 0.717) is 4.90 Å². The van der Waals surface area contributed by atoms with E-state index in [-0.39, 0.29) is 87.1 Å². The molecule has 1 amide bonds. The van der Waals surface area contributed by atoms with Crippen LogP contribution in [0, 0.1) is 0 Å². The zero-order valence-electron chi connectivity index (χ0n) is 11.4. The van der Waals surface area contributed by atoms with E-state index in [4.69, 9.17) is 15.5 Å². The van der Waals surface area contributed by atoms with Crippen LogP contribution in [0.25, 0.3) is 0 Å². The van der Waals surface area contributed by atoms with Gasteiger partial charge in [0.1, 0.15) is 15.2 Å². The predicted molar refractivity (Wildman–Crippen MR) is 71.6 cm³/mol. The van der Waals surface area contributed by atoms with E-state index >= 15 is 0 Å². The van der Waals surface area contributed by atoms with Crippen LogP contribution in [0.3, 0.4) is 0 Å². The van der Waals surface area contributed by atoms with Crippen LogP contribution in [0.4, 0.5) is 0 Å². The molecule has 0 spiro atoms. The van der Waals surface area contributed by atoms with Crippen molar-refractivity contribution in [3.8, 4) is 0 Å². The van der Waals surface area contributed by atoms with E-state index in [9.17, 15) is 23.7 Å². The van der Waals surface area contributed by atoms with Crippen LogP contribution in [0.1, 0.15) is 14.9 Å². The number of nitrogens with two attached hydrogens (primary N) is 1. The van der Waals surface area contributed by atoms with Gasteiger partial charge in [0.25, 0.3) is 0 Å². The first kappa shape index (κ1) is 34.9. The number of nitrogens with zero attached hydrogens (tertiary/aromatic N) is 1. The molecule has 0 aliphatic carbocycles. The normalized spacial score (nSPS) is 14.8. The van der Waals surface area contributed by atoms with Crippen LogP contribution >= 0.6 is 15.2 Å². The zero-order valence-corrected chi connectivity index (χ0v) is 17.2. The van der Waals surface area contributed by atoms with Gasteiger partial charge in [-0.1, -0.05) is 14.9 Å². The Balaban J connectivity index is -0.000000241. The third-order valence-electron chi connectivity index (χ3n) is 1.59. The quantitative estimate of drug-likeness (QED) is 0.235. The molecule has 0 saturated heterocycles. The molecule has 0 bridgehead atoms. The number of hydrogen-bond donors (Lipinski definition) is 4. The second kappa shape index (κ2) is 16.2. The van der Waals surface area contributed by atoms with E-state index in [0.717, 1.165) is 0 Å². The first-order valence-electron chi connectivity index (χ1n) is 4.78. The third kappa shape index (κ3) is 23.9. The molecule has 0 fully saturated rings. The molecule has 0 aliphatic rings. The Morgan fingerprint density at radius 3 is 1.73 bits per heavy atom. The Morgan fingerprint density at radius 1 is 1.09 bits per heavy atom. The Bertz CT molecular complexity index is 353. The minimum Gasteiger partial charge on any atom is -0.778 e. The fraction of sp³-hybridized carbons (Fsp3) is 0.875. The predicted octanol–water partition coefficient (Wildman–Crippen LogP) is -8.35. The third-order valence-corrected chi connectivity index (χ3v) is 3.11. The first-order chi connectivity index (χ1) is 8.03. The smallest absolute Gasteiger partial charge is 0.778 e. The maximum atomic E-state index is 11.2. The maximum absolute atomic E-state index is 11.2. The fourth-order valence-electron chi connectivity index (χ4n) is 1.12. The van der Waals surface area contributed by atoms with E-state index in [2.05, 4.69) is 5.32 Å². The SMILES string of the molecule is C.C.NCCNC(=O)CN(CP(=O)([O-])O)CP(=O)([O-])O.[Na+].[Na+]. The van der Waals surface area contributed by atoms with Gasteiger partial charge in [0.15, 0.2) is 0 Å². The van der Waals surface area contributed by atoms with E-state index in [1.165, 1.54) is 0 Å². The topological polar surface area (TPSA) is 179 Å². The number of rotatable bonds is 8. The molecule has 0 aromatic heterocycles. The molecule has 22 heavy (non-hydrogen) atoms. The van der Waals surface area contributed by atoms with Crippen LogP contribution < -0.4 is 80.0 Å². The summed E-state index contributed by atoms with van der Waals surface area (Å²) in [6.07, 6.45) is -2.12. The Labute approximate surface area is 175 Å². The van der Waals surface area contributed by atoms with Gasteiger partial charge in [0.05, 0.1) is 19.1 Å². The minimum atomic E-state index is -4.79. The average Bonchev–Trinajstić information content (AvgIpc) is 2.08. The molecule has 5 N–H and O–H groups in total. The van der Waals surface area contributed by atoms with Crippen molar-refractivity contribution < 1.29 is 92.6 Å².